The third kappa shape index (κ3) is 3.04. The Balaban J connectivity index is 2.30. The number of benzene rings is 1. The van der Waals surface area contributed by atoms with Crippen molar-refractivity contribution in [3.8, 4) is 0 Å². The van der Waals surface area contributed by atoms with Crippen molar-refractivity contribution in [2.45, 2.75) is 40.2 Å². The van der Waals surface area contributed by atoms with E-state index < -0.39 is 0 Å². The summed E-state index contributed by atoms with van der Waals surface area (Å²) in [6.45, 7) is 10.2. The van der Waals surface area contributed by atoms with Crippen molar-refractivity contribution in [2.24, 2.45) is 11.1 Å². The van der Waals surface area contributed by atoms with Crippen molar-refractivity contribution in [1.29, 1.82) is 0 Å². The molecular weight excluding hydrogens is 251 g/mol. The van der Waals surface area contributed by atoms with Crippen LogP contribution < -0.4 is 10.6 Å². The molecule has 0 aromatic heterocycles. The molecule has 0 bridgehead atoms. The van der Waals surface area contributed by atoms with E-state index in [0.29, 0.717) is 5.69 Å². The number of rotatable bonds is 2. The minimum Gasteiger partial charge on any atom is -0.365 e. The van der Waals surface area contributed by atoms with Crippen LogP contribution in [0.5, 0.6) is 0 Å². The van der Waals surface area contributed by atoms with Gasteiger partial charge in [0.1, 0.15) is 5.82 Å². The Hall–Kier alpha value is -1.35. The maximum absolute atomic E-state index is 14.2. The van der Waals surface area contributed by atoms with Crippen molar-refractivity contribution >= 4 is 5.69 Å². The summed E-state index contributed by atoms with van der Waals surface area (Å²) in [6.07, 6.45) is 3.22. The molecule has 1 aromatic rings. The van der Waals surface area contributed by atoms with Crippen molar-refractivity contribution in [2.75, 3.05) is 18.0 Å². The molecule has 3 heteroatoms. The maximum Gasteiger partial charge on any atom is 0.146 e. The number of anilines is 1. The first-order valence-electron chi connectivity index (χ1n) is 7.29. The van der Waals surface area contributed by atoms with Crippen LogP contribution >= 0.6 is 0 Å². The van der Waals surface area contributed by atoms with Crippen LogP contribution in [0.15, 0.2) is 29.8 Å². The second-order valence-corrected chi connectivity index (χ2v) is 6.64. The van der Waals surface area contributed by atoms with Gasteiger partial charge >= 0.3 is 0 Å². The first-order chi connectivity index (χ1) is 9.30. The van der Waals surface area contributed by atoms with Crippen LogP contribution in [0.2, 0.25) is 0 Å². The molecule has 0 fully saturated rings. The van der Waals surface area contributed by atoms with E-state index in [0.717, 1.165) is 25.1 Å². The Labute approximate surface area is 121 Å². The van der Waals surface area contributed by atoms with E-state index in [1.54, 1.807) is 6.07 Å². The SMILES string of the molecule is CC(N)c1cccc(F)c1N1CC=C(C(C)(C)C)CC1. The fraction of sp³-hybridized carbons (Fsp3) is 0.529. The molecule has 1 aliphatic heterocycles. The van der Waals surface area contributed by atoms with Crippen LogP contribution in [-0.2, 0) is 0 Å². The third-order valence-electron chi connectivity index (χ3n) is 4.00. The molecule has 0 saturated carbocycles. The van der Waals surface area contributed by atoms with Gasteiger partial charge < -0.3 is 10.6 Å². The molecule has 1 aliphatic rings. The molecule has 20 heavy (non-hydrogen) atoms. The molecule has 0 aliphatic carbocycles. The molecule has 2 N–H and O–H groups in total. The van der Waals surface area contributed by atoms with E-state index >= 15 is 0 Å². The summed E-state index contributed by atoms with van der Waals surface area (Å²) in [7, 11) is 0. The van der Waals surface area contributed by atoms with Crippen LogP contribution in [0.1, 0.15) is 45.7 Å². The number of hydrogen-bond acceptors (Lipinski definition) is 2. The Morgan fingerprint density at radius 2 is 2.00 bits per heavy atom. The van der Waals surface area contributed by atoms with Gasteiger partial charge in [0.05, 0.1) is 5.69 Å². The van der Waals surface area contributed by atoms with Crippen LogP contribution in [0, 0.1) is 11.2 Å². The van der Waals surface area contributed by atoms with Crippen LogP contribution in [0.4, 0.5) is 10.1 Å². The Bertz CT molecular complexity index is 512. The molecule has 2 rings (SSSR count). The summed E-state index contributed by atoms with van der Waals surface area (Å²) in [5.74, 6) is -0.174. The molecule has 110 valence electrons. The molecule has 1 atom stereocenters. The summed E-state index contributed by atoms with van der Waals surface area (Å²) in [4.78, 5) is 2.10. The highest BCUT2D eigenvalue weighted by molar-refractivity contribution is 5.57. The predicted molar refractivity (Wildman–Crippen MR) is 83.4 cm³/mol. The summed E-state index contributed by atoms with van der Waals surface area (Å²) >= 11 is 0. The van der Waals surface area contributed by atoms with Crippen LogP contribution in [0.3, 0.4) is 0 Å². The standard InChI is InChI=1S/C17H25FN2/c1-12(19)14-6-5-7-15(18)16(14)20-10-8-13(9-11-20)17(2,3)4/h5-8,12H,9-11,19H2,1-4H3. The van der Waals surface area contributed by atoms with Crippen molar-refractivity contribution < 1.29 is 4.39 Å². The molecule has 0 spiro atoms. The zero-order valence-corrected chi connectivity index (χ0v) is 12.9. The minimum atomic E-state index is -0.174. The number of nitrogens with zero attached hydrogens (tertiary/aromatic N) is 1. The van der Waals surface area contributed by atoms with Gasteiger partial charge in [0.15, 0.2) is 0 Å². The highest BCUT2D eigenvalue weighted by Gasteiger charge is 2.24. The van der Waals surface area contributed by atoms with Gasteiger partial charge in [0, 0.05) is 19.1 Å². The minimum absolute atomic E-state index is 0.159. The van der Waals surface area contributed by atoms with E-state index in [-0.39, 0.29) is 17.3 Å². The molecule has 0 amide bonds. The molecule has 0 saturated heterocycles. The van der Waals surface area contributed by atoms with E-state index in [1.807, 2.05) is 13.0 Å². The molecule has 1 heterocycles. The van der Waals surface area contributed by atoms with Crippen molar-refractivity contribution in [3.63, 3.8) is 0 Å². The van der Waals surface area contributed by atoms with Gasteiger partial charge in [-0.1, -0.05) is 44.6 Å². The van der Waals surface area contributed by atoms with Crippen molar-refractivity contribution in [1.82, 2.24) is 0 Å². The fourth-order valence-electron chi connectivity index (χ4n) is 2.79. The first kappa shape index (κ1) is 15.0. The van der Waals surface area contributed by atoms with E-state index in [1.165, 1.54) is 11.6 Å². The van der Waals surface area contributed by atoms with Gasteiger partial charge in [-0.05, 0) is 30.4 Å². The number of halogens is 1. The maximum atomic E-state index is 14.2. The summed E-state index contributed by atoms with van der Waals surface area (Å²) < 4.78 is 14.2. The second kappa shape index (κ2) is 5.57. The highest BCUT2D eigenvalue weighted by atomic mass is 19.1. The van der Waals surface area contributed by atoms with E-state index in [2.05, 4.69) is 31.7 Å². The average molecular weight is 276 g/mol. The largest absolute Gasteiger partial charge is 0.365 e. The molecular formula is C17H25FN2. The highest BCUT2D eigenvalue weighted by Crippen LogP contribution is 2.34. The lowest BCUT2D eigenvalue weighted by atomic mass is 9.83. The Kier molecular flexibility index (Phi) is 4.19. The van der Waals surface area contributed by atoms with E-state index in [4.69, 9.17) is 5.73 Å². The van der Waals surface area contributed by atoms with Gasteiger partial charge in [-0.2, -0.15) is 0 Å². The van der Waals surface area contributed by atoms with Gasteiger partial charge in [-0.15, -0.1) is 0 Å². The van der Waals surface area contributed by atoms with Gasteiger partial charge in [0.2, 0.25) is 0 Å². The first-order valence-corrected chi connectivity index (χ1v) is 7.29. The number of para-hydroxylation sites is 1. The quantitative estimate of drug-likeness (QED) is 0.826. The summed E-state index contributed by atoms with van der Waals surface area (Å²) in [5.41, 5.74) is 9.19. The molecule has 2 nitrogen and oxygen atoms in total. The molecule has 1 aromatic carbocycles. The summed E-state index contributed by atoms with van der Waals surface area (Å²) in [5, 5.41) is 0. The Morgan fingerprint density at radius 1 is 1.30 bits per heavy atom. The normalized spacial score (nSPS) is 17.9. The molecule has 0 radical (unpaired) electrons. The zero-order valence-electron chi connectivity index (χ0n) is 12.9. The van der Waals surface area contributed by atoms with E-state index in [9.17, 15) is 4.39 Å². The predicted octanol–water partition coefficient (Wildman–Crippen LogP) is 4.03. The Morgan fingerprint density at radius 3 is 2.50 bits per heavy atom. The third-order valence-corrected chi connectivity index (χ3v) is 4.00. The van der Waals surface area contributed by atoms with Gasteiger partial charge in [-0.25, -0.2) is 4.39 Å². The zero-order chi connectivity index (χ0) is 14.9. The lowest BCUT2D eigenvalue weighted by molar-refractivity contribution is 0.471. The lowest BCUT2D eigenvalue weighted by Crippen LogP contribution is -2.33. The topological polar surface area (TPSA) is 29.3 Å². The molecule has 1 unspecified atom stereocenters. The monoisotopic (exact) mass is 276 g/mol. The van der Waals surface area contributed by atoms with Crippen molar-refractivity contribution in [3.05, 3.63) is 41.2 Å². The second-order valence-electron chi connectivity index (χ2n) is 6.64. The number of nitrogens with two attached hydrogens (primary N) is 1. The van der Waals surface area contributed by atoms with Crippen LogP contribution in [0.25, 0.3) is 0 Å². The lowest BCUT2D eigenvalue weighted by Gasteiger charge is -2.35. The fourth-order valence-corrected chi connectivity index (χ4v) is 2.79. The van der Waals surface area contributed by atoms with Gasteiger partial charge in [-0.3, -0.25) is 0 Å². The van der Waals surface area contributed by atoms with Gasteiger partial charge in [0.25, 0.3) is 0 Å². The smallest absolute Gasteiger partial charge is 0.146 e. The summed E-state index contributed by atoms with van der Waals surface area (Å²) in [6, 6.07) is 5.02. The number of hydrogen-bond donors (Lipinski definition) is 1. The average Bonchev–Trinajstić information content (AvgIpc) is 2.37. The van der Waals surface area contributed by atoms with Crippen LogP contribution in [-0.4, -0.2) is 13.1 Å².